The van der Waals surface area contributed by atoms with Gasteiger partial charge in [0.05, 0.1) is 36.8 Å². The van der Waals surface area contributed by atoms with Crippen molar-refractivity contribution in [3.8, 4) is 0 Å². The van der Waals surface area contributed by atoms with Crippen molar-refractivity contribution in [2.24, 2.45) is 0 Å². The summed E-state index contributed by atoms with van der Waals surface area (Å²) in [7, 11) is 0. The van der Waals surface area contributed by atoms with E-state index in [1.807, 2.05) is 19.1 Å². The Hall–Kier alpha value is -2.78. The molecule has 0 atom stereocenters. The molecular weight excluding hydrogens is 410 g/mol. The van der Waals surface area contributed by atoms with Gasteiger partial charge in [-0.1, -0.05) is 18.7 Å². The molecule has 0 saturated heterocycles. The lowest BCUT2D eigenvalue weighted by Gasteiger charge is -2.10. The summed E-state index contributed by atoms with van der Waals surface area (Å²) in [5, 5.41) is 3.90. The maximum Gasteiger partial charge on any atom is 0.263 e. The van der Waals surface area contributed by atoms with Crippen molar-refractivity contribution in [1.29, 1.82) is 0 Å². The molecule has 150 valence electrons. The van der Waals surface area contributed by atoms with E-state index in [0.717, 1.165) is 11.3 Å². The third-order valence-corrected chi connectivity index (χ3v) is 6.43. The molecule has 0 aromatic carbocycles. The van der Waals surface area contributed by atoms with Crippen LogP contribution in [-0.4, -0.2) is 21.2 Å². The predicted molar refractivity (Wildman–Crippen MR) is 112 cm³/mol. The van der Waals surface area contributed by atoms with E-state index in [0.29, 0.717) is 33.4 Å². The van der Waals surface area contributed by atoms with Crippen LogP contribution in [0.2, 0.25) is 0 Å². The van der Waals surface area contributed by atoms with Crippen LogP contribution in [0, 0.1) is 0 Å². The van der Waals surface area contributed by atoms with Crippen LogP contribution in [0.4, 0.5) is 0 Å². The standard InChI is InChI=1S/C20H19N3O4S2/c1-2-15-9-16-18(29-15)22-20(23(19(16)25)11-14-6-4-8-27-14)28-12-17(24)21-10-13-5-3-7-26-13/h3-9H,2,10-12H2,1H3,(H,21,24). The van der Waals surface area contributed by atoms with Gasteiger partial charge in [0.15, 0.2) is 5.16 Å². The second-order valence-electron chi connectivity index (χ2n) is 6.29. The van der Waals surface area contributed by atoms with Gasteiger partial charge in [0.1, 0.15) is 16.4 Å². The van der Waals surface area contributed by atoms with E-state index in [1.165, 1.54) is 23.1 Å². The lowest BCUT2D eigenvalue weighted by molar-refractivity contribution is -0.118. The van der Waals surface area contributed by atoms with Gasteiger partial charge in [-0.25, -0.2) is 4.98 Å². The summed E-state index contributed by atoms with van der Waals surface area (Å²) in [5.74, 6) is 1.32. The number of carbonyl (C=O) groups excluding carboxylic acids is 1. The number of rotatable bonds is 8. The molecule has 0 radical (unpaired) electrons. The van der Waals surface area contributed by atoms with E-state index < -0.39 is 0 Å². The Kier molecular flexibility index (Phi) is 5.86. The quantitative estimate of drug-likeness (QED) is 0.340. The van der Waals surface area contributed by atoms with Gasteiger partial charge in [0, 0.05) is 4.88 Å². The fraction of sp³-hybridized carbons (Fsp3) is 0.250. The minimum Gasteiger partial charge on any atom is -0.467 e. The van der Waals surface area contributed by atoms with Gasteiger partial charge >= 0.3 is 0 Å². The minimum atomic E-state index is -0.161. The molecule has 0 aliphatic carbocycles. The number of aromatic nitrogens is 2. The maximum absolute atomic E-state index is 13.1. The topological polar surface area (TPSA) is 90.3 Å². The van der Waals surface area contributed by atoms with E-state index >= 15 is 0 Å². The lowest BCUT2D eigenvalue weighted by Crippen LogP contribution is -2.26. The van der Waals surface area contributed by atoms with Crippen molar-refractivity contribution < 1.29 is 13.6 Å². The van der Waals surface area contributed by atoms with Crippen LogP contribution in [0.5, 0.6) is 0 Å². The second-order valence-corrected chi connectivity index (χ2v) is 8.35. The number of thioether (sulfide) groups is 1. The van der Waals surface area contributed by atoms with Gasteiger partial charge in [-0.15, -0.1) is 11.3 Å². The van der Waals surface area contributed by atoms with Crippen molar-refractivity contribution in [3.63, 3.8) is 0 Å². The highest BCUT2D eigenvalue weighted by atomic mass is 32.2. The molecule has 4 rings (SSSR count). The predicted octanol–water partition coefficient (Wildman–Crippen LogP) is 3.66. The zero-order chi connectivity index (χ0) is 20.2. The molecule has 0 aliphatic heterocycles. The van der Waals surface area contributed by atoms with E-state index in [9.17, 15) is 9.59 Å². The molecule has 4 aromatic rings. The number of aryl methyl sites for hydroxylation is 1. The zero-order valence-corrected chi connectivity index (χ0v) is 17.3. The van der Waals surface area contributed by atoms with Gasteiger partial charge in [0.2, 0.25) is 5.91 Å². The SMILES string of the molecule is CCc1cc2c(=O)n(Cc3ccco3)c(SCC(=O)NCc3ccco3)nc2s1. The average Bonchev–Trinajstić information content (AvgIpc) is 3.48. The molecule has 0 unspecified atom stereocenters. The number of hydrogen-bond donors (Lipinski definition) is 1. The molecule has 0 spiro atoms. The van der Waals surface area contributed by atoms with Crippen LogP contribution < -0.4 is 10.9 Å². The number of nitrogens with one attached hydrogen (secondary N) is 1. The molecule has 0 fully saturated rings. The van der Waals surface area contributed by atoms with Crippen molar-refractivity contribution in [1.82, 2.24) is 14.9 Å². The van der Waals surface area contributed by atoms with Crippen LogP contribution in [-0.2, 0) is 24.3 Å². The van der Waals surface area contributed by atoms with Crippen LogP contribution in [0.25, 0.3) is 10.2 Å². The summed E-state index contributed by atoms with van der Waals surface area (Å²) < 4.78 is 12.2. The van der Waals surface area contributed by atoms with Gasteiger partial charge in [0.25, 0.3) is 5.56 Å². The monoisotopic (exact) mass is 429 g/mol. The summed E-state index contributed by atoms with van der Waals surface area (Å²) in [6.07, 6.45) is 3.98. The van der Waals surface area contributed by atoms with Gasteiger partial charge in [-0.3, -0.25) is 14.2 Å². The highest BCUT2D eigenvalue weighted by Crippen LogP contribution is 2.25. The van der Waals surface area contributed by atoms with Crippen LogP contribution >= 0.6 is 23.1 Å². The highest BCUT2D eigenvalue weighted by molar-refractivity contribution is 7.99. The second kappa shape index (κ2) is 8.71. The molecule has 0 saturated carbocycles. The molecule has 4 aromatic heterocycles. The molecule has 1 N–H and O–H groups in total. The Morgan fingerprint density at radius 3 is 2.69 bits per heavy atom. The Bertz CT molecular complexity index is 1160. The smallest absolute Gasteiger partial charge is 0.263 e. The first-order chi connectivity index (χ1) is 14.1. The molecular formula is C20H19N3O4S2. The van der Waals surface area contributed by atoms with Crippen molar-refractivity contribution in [2.75, 3.05) is 5.75 Å². The Morgan fingerprint density at radius 2 is 2.00 bits per heavy atom. The normalized spacial score (nSPS) is 11.2. The van der Waals surface area contributed by atoms with Crippen molar-refractivity contribution in [3.05, 3.63) is 69.6 Å². The Morgan fingerprint density at radius 1 is 1.24 bits per heavy atom. The van der Waals surface area contributed by atoms with Gasteiger partial charge < -0.3 is 14.2 Å². The average molecular weight is 430 g/mol. The largest absolute Gasteiger partial charge is 0.467 e. The molecule has 9 heteroatoms. The first-order valence-corrected chi connectivity index (χ1v) is 10.9. The molecule has 29 heavy (non-hydrogen) atoms. The molecule has 4 heterocycles. The van der Waals surface area contributed by atoms with E-state index in [1.54, 1.807) is 35.3 Å². The van der Waals surface area contributed by atoms with Crippen molar-refractivity contribution >= 4 is 39.2 Å². The van der Waals surface area contributed by atoms with E-state index in [4.69, 9.17) is 8.83 Å². The minimum absolute atomic E-state index is 0.124. The molecule has 0 aliphatic rings. The molecule has 7 nitrogen and oxygen atoms in total. The summed E-state index contributed by atoms with van der Waals surface area (Å²) in [4.78, 5) is 31.8. The van der Waals surface area contributed by atoms with Gasteiger partial charge in [-0.2, -0.15) is 0 Å². The summed E-state index contributed by atoms with van der Waals surface area (Å²) in [5.41, 5.74) is -0.124. The first kappa shape index (κ1) is 19.5. The van der Waals surface area contributed by atoms with Crippen LogP contribution in [0.3, 0.4) is 0 Å². The number of nitrogens with zero attached hydrogens (tertiary/aromatic N) is 2. The number of amides is 1. The van der Waals surface area contributed by atoms with Gasteiger partial charge in [-0.05, 0) is 36.8 Å². The Balaban J connectivity index is 1.57. The zero-order valence-electron chi connectivity index (χ0n) is 15.7. The summed E-state index contributed by atoms with van der Waals surface area (Å²) >= 11 is 2.75. The fourth-order valence-electron chi connectivity index (χ4n) is 2.81. The maximum atomic E-state index is 13.1. The lowest BCUT2D eigenvalue weighted by atomic mass is 10.3. The number of thiophene rings is 1. The third-order valence-electron chi connectivity index (χ3n) is 4.28. The number of fused-ring (bicyclic) bond motifs is 1. The first-order valence-electron chi connectivity index (χ1n) is 9.11. The molecule has 1 amide bonds. The third kappa shape index (κ3) is 4.46. The van der Waals surface area contributed by atoms with Crippen LogP contribution in [0.1, 0.15) is 23.3 Å². The summed E-state index contributed by atoms with van der Waals surface area (Å²) in [6.45, 7) is 2.64. The number of hydrogen-bond acceptors (Lipinski definition) is 7. The molecule has 0 bridgehead atoms. The number of carbonyl (C=O) groups is 1. The Labute approximate surface area is 174 Å². The fourth-order valence-corrected chi connectivity index (χ4v) is 4.65. The number of furan rings is 2. The van der Waals surface area contributed by atoms with Crippen molar-refractivity contribution in [2.45, 2.75) is 31.6 Å². The van der Waals surface area contributed by atoms with E-state index in [-0.39, 0.29) is 23.8 Å². The van der Waals surface area contributed by atoms with Crippen LogP contribution in [0.15, 0.2) is 61.6 Å². The highest BCUT2D eigenvalue weighted by Gasteiger charge is 2.16. The van der Waals surface area contributed by atoms with E-state index in [2.05, 4.69) is 10.3 Å². The summed E-state index contributed by atoms with van der Waals surface area (Å²) in [6, 6.07) is 9.06.